The summed E-state index contributed by atoms with van der Waals surface area (Å²) in [6.07, 6.45) is 3.05. The van der Waals surface area contributed by atoms with E-state index in [0.29, 0.717) is 6.10 Å². The van der Waals surface area contributed by atoms with E-state index >= 15 is 0 Å². The standard InChI is InChI=1S/C13H28N2O/c1-12(2)5-4-6-14-7-8-15-9-10-16-13(3)11-15/h12-14H,4-11H2,1-3H3. The number of hydrogen-bond donors (Lipinski definition) is 1. The summed E-state index contributed by atoms with van der Waals surface area (Å²) in [6, 6.07) is 0. The van der Waals surface area contributed by atoms with Gasteiger partial charge in [0.15, 0.2) is 0 Å². The highest BCUT2D eigenvalue weighted by Gasteiger charge is 2.15. The predicted molar refractivity (Wildman–Crippen MR) is 68.8 cm³/mol. The molecule has 0 saturated carbocycles. The van der Waals surface area contributed by atoms with Crippen LogP contribution in [-0.2, 0) is 4.74 Å². The fraction of sp³-hybridized carbons (Fsp3) is 1.00. The Bertz CT molecular complexity index is 173. The van der Waals surface area contributed by atoms with E-state index in [9.17, 15) is 0 Å². The van der Waals surface area contributed by atoms with Crippen LogP contribution >= 0.6 is 0 Å². The van der Waals surface area contributed by atoms with Gasteiger partial charge in [-0.15, -0.1) is 0 Å². The predicted octanol–water partition coefficient (Wildman–Crippen LogP) is 1.73. The molecule has 1 aliphatic rings. The maximum atomic E-state index is 5.52. The molecule has 1 N–H and O–H groups in total. The normalized spacial score (nSPS) is 22.9. The Balaban J connectivity index is 1.90. The average molecular weight is 228 g/mol. The van der Waals surface area contributed by atoms with E-state index in [2.05, 4.69) is 31.0 Å². The van der Waals surface area contributed by atoms with Gasteiger partial charge in [-0.1, -0.05) is 13.8 Å². The first kappa shape index (κ1) is 13.9. The van der Waals surface area contributed by atoms with E-state index in [4.69, 9.17) is 4.74 Å². The lowest BCUT2D eigenvalue weighted by Crippen LogP contribution is -2.44. The fourth-order valence-corrected chi connectivity index (χ4v) is 2.09. The van der Waals surface area contributed by atoms with Crippen LogP contribution < -0.4 is 5.32 Å². The molecular formula is C13H28N2O. The summed E-state index contributed by atoms with van der Waals surface area (Å²) in [5, 5.41) is 3.52. The summed E-state index contributed by atoms with van der Waals surface area (Å²) in [6.45, 7) is 13.3. The molecule has 0 bridgehead atoms. The summed E-state index contributed by atoms with van der Waals surface area (Å²) in [4.78, 5) is 2.49. The van der Waals surface area contributed by atoms with Crippen molar-refractivity contribution >= 4 is 0 Å². The minimum absolute atomic E-state index is 0.412. The van der Waals surface area contributed by atoms with Crippen molar-refractivity contribution in [3.8, 4) is 0 Å². The van der Waals surface area contributed by atoms with Gasteiger partial charge in [0.25, 0.3) is 0 Å². The number of nitrogens with zero attached hydrogens (tertiary/aromatic N) is 1. The van der Waals surface area contributed by atoms with Crippen LogP contribution in [0.25, 0.3) is 0 Å². The van der Waals surface area contributed by atoms with Gasteiger partial charge in [0.1, 0.15) is 0 Å². The van der Waals surface area contributed by atoms with E-state index in [0.717, 1.165) is 45.2 Å². The molecule has 1 unspecified atom stereocenters. The van der Waals surface area contributed by atoms with Crippen LogP contribution in [0.4, 0.5) is 0 Å². The molecule has 16 heavy (non-hydrogen) atoms. The smallest absolute Gasteiger partial charge is 0.0674 e. The second kappa shape index (κ2) is 8.04. The van der Waals surface area contributed by atoms with Crippen LogP contribution in [0.2, 0.25) is 0 Å². The third-order valence-corrected chi connectivity index (χ3v) is 3.07. The van der Waals surface area contributed by atoms with Crippen LogP contribution in [0.1, 0.15) is 33.6 Å². The first-order valence-corrected chi connectivity index (χ1v) is 6.73. The summed E-state index contributed by atoms with van der Waals surface area (Å²) < 4.78 is 5.52. The van der Waals surface area contributed by atoms with Crippen molar-refractivity contribution in [1.29, 1.82) is 0 Å². The molecule has 1 aliphatic heterocycles. The van der Waals surface area contributed by atoms with Crippen molar-refractivity contribution in [3.05, 3.63) is 0 Å². The molecule has 1 rings (SSSR count). The van der Waals surface area contributed by atoms with Gasteiger partial charge >= 0.3 is 0 Å². The molecule has 1 saturated heterocycles. The lowest BCUT2D eigenvalue weighted by Gasteiger charge is -2.31. The number of ether oxygens (including phenoxy) is 1. The topological polar surface area (TPSA) is 24.5 Å². The molecule has 3 heteroatoms. The Labute approximate surface area is 101 Å². The van der Waals surface area contributed by atoms with Gasteiger partial charge in [-0.25, -0.2) is 0 Å². The van der Waals surface area contributed by atoms with Crippen LogP contribution in [0.5, 0.6) is 0 Å². The molecule has 0 aromatic heterocycles. The summed E-state index contributed by atoms with van der Waals surface area (Å²) in [5.41, 5.74) is 0. The molecule has 96 valence electrons. The van der Waals surface area contributed by atoms with Crippen LogP contribution in [0.3, 0.4) is 0 Å². The SMILES string of the molecule is CC(C)CCCNCCN1CCOC(C)C1. The summed E-state index contributed by atoms with van der Waals surface area (Å²) >= 11 is 0. The summed E-state index contributed by atoms with van der Waals surface area (Å²) in [5.74, 6) is 0.835. The Morgan fingerprint density at radius 1 is 1.38 bits per heavy atom. The number of morpholine rings is 1. The molecule has 0 spiro atoms. The Morgan fingerprint density at radius 2 is 2.19 bits per heavy atom. The quantitative estimate of drug-likeness (QED) is 0.672. The largest absolute Gasteiger partial charge is 0.376 e. The molecule has 0 aliphatic carbocycles. The number of nitrogens with one attached hydrogen (secondary N) is 1. The zero-order valence-electron chi connectivity index (χ0n) is 11.2. The van der Waals surface area contributed by atoms with E-state index in [1.54, 1.807) is 0 Å². The highest BCUT2D eigenvalue weighted by Crippen LogP contribution is 2.03. The first-order valence-electron chi connectivity index (χ1n) is 6.73. The number of hydrogen-bond acceptors (Lipinski definition) is 3. The van der Waals surface area contributed by atoms with Crippen molar-refractivity contribution in [1.82, 2.24) is 10.2 Å². The third-order valence-electron chi connectivity index (χ3n) is 3.07. The van der Waals surface area contributed by atoms with Crippen molar-refractivity contribution < 1.29 is 4.74 Å². The van der Waals surface area contributed by atoms with Crippen LogP contribution in [-0.4, -0.2) is 50.3 Å². The van der Waals surface area contributed by atoms with Crippen LogP contribution in [0, 0.1) is 5.92 Å². The Kier molecular flexibility index (Phi) is 7.01. The van der Waals surface area contributed by atoms with Gasteiger partial charge in [-0.3, -0.25) is 4.90 Å². The minimum atomic E-state index is 0.412. The summed E-state index contributed by atoms with van der Waals surface area (Å²) in [7, 11) is 0. The minimum Gasteiger partial charge on any atom is -0.376 e. The van der Waals surface area contributed by atoms with Gasteiger partial charge < -0.3 is 10.1 Å². The second-order valence-electron chi connectivity index (χ2n) is 5.27. The van der Waals surface area contributed by atoms with Gasteiger partial charge in [0.2, 0.25) is 0 Å². The molecule has 3 nitrogen and oxygen atoms in total. The van der Waals surface area contributed by atoms with Gasteiger partial charge in [0.05, 0.1) is 12.7 Å². The fourth-order valence-electron chi connectivity index (χ4n) is 2.09. The van der Waals surface area contributed by atoms with Crippen LogP contribution in [0.15, 0.2) is 0 Å². The molecule has 0 aromatic carbocycles. The third kappa shape index (κ3) is 6.46. The average Bonchev–Trinajstić information content (AvgIpc) is 2.23. The van der Waals surface area contributed by atoms with E-state index in [-0.39, 0.29) is 0 Å². The van der Waals surface area contributed by atoms with E-state index < -0.39 is 0 Å². The lowest BCUT2D eigenvalue weighted by atomic mass is 10.1. The van der Waals surface area contributed by atoms with Crippen molar-refractivity contribution in [2.75, 3.05) is 39.3 Å². The molecule has 0 aromatic rings. The maximum Gasteiger partial charge on any atom is 0.0674 e. The molecule has 0 radical (unpaired) electrons. The monoisotopic (exact) mass is 228 g/mol. The zero-order valence-corrected chi connectivity index (χ0v) is 11.2. The molecule has 0 amide bonds. The van der Waals surface area contributed by atoms with Gasteiger partial charge in [-0.2, -0.15) is 0 Å². The number of rotatable bonds is 7. The Hall–Kier alpha value is -0.120. The van der Waals surface area contributed by atoms with Crippen molar-refractivity contribution in [2.24, 2.45) is 5.92 Å². The second-order valence-corrected chi connectivity index (χ2v) is 5.27. The zero-order chi connectivity index (χ0) is 11.8. The molecule has 1 fully saturated rings. The van der Waals surface area contributed by atoms with Crippen molar-refractivity contribution in [3.63, 3.8) is 0 Å². The molecule has 1 atom stereocenters. The lowest BCUT2D eigenvalue weighted by molar-refractivity contribution is -0.0176. The van der Waals surface area contributed by atoms with E-state index in [1.165, 1.54) is 12.8 Å². The first-order chi connectivity index (χ1) is 7.68. The van der Waals surface area contributed by atoms with Gasteiger partial charge in [-0.05, 0) is 32.2 Å². The highest BCUT2D eigenvalue weighted by molar-refractivity contribution is 4.68. The maximum absolute atomic E-state index is 5.52. The van der Waals surface area contributed by atoms with Crippen molar-refractivity contribution in [2.45, 2.75) is 39.7 Å². The molecule has 1 heterocycles. The highest BCUT2D eigenvalue weighted by atomic mass is 16.5. The Morgan fingerprint density at radius 3 is 2.88 bits per heavy atom. The van der Waals surface area contributed by atoms with E-state index in [1.807, 2.05) is 0 Å². The molecular weight excluding hydrogens is 200 g/mol. The van der Waals surface area contributed by atoms with Gasteiger partial charge in [0, 0.05) is 26.2 Å².